The Labute approximate surface area is 187 Å². The second-order valence-electron chi connectivity index (χ2n) is 7.71. The molecule has 1 aromatic rings. The molecule has 32 heavy (non-hydrogen) atoms. The number of nitrogens with one attached hydrogen (secondary N) is 3. The number of carbonyl (C=O) groups is 3. The molecule has 8 N–H and O–H groups in total. The lowest BCUT2D eigenvalue weighted by Crippen LogP contribution is -2.49. The van der Waals surface area contributed by atoms with Crippen molar-refractivity contribution in [2.45, 2.75) is 51.5 Å². The fourth-order valence-electron chi connectivity index (χ4n) is 2.86. The highest BCUT2D eigenvalue weighted by molar-refractivity contribution is 5.95. The minimum atomic E-state index is -1.37. The summed E-state index contributed by atoms with van der Waals surface area (Å²) in [5.74, 6) is -0.758. The first-order chi connectivity index (χ1) is 15.1. The highest BCUT2D eigenvalue weighted by atomic mass is 16.7. The topological polar surface area (TPSA) is 183 Å². The third kappa shape index (κ3) is 10.5. The van der Waals surface area contributed by atoms with Crippen molar-refractivity contribution >= 4 is 23.7 Å². The summed E-state index contributed by atoms with van der Waals surface area (Å²) < 4.78 is 4.47. The Hall–Kier alpha value is -2.73. The van der Waals surface area contributed by atoms with Crippen LogP contribution >= 0.6 is 0 Å². The molecule has 0 radical (unpaired) electrons. The molecule has 1 aromatic carbocycles. The third-order valence-electron chi connectivity index (χ3n) is 4.70. The van der Waals surface area contributed by atoms with Crippen LogP contribution in [-0.2, 0) is 20.9 Å². The van der Waals surface area contributed by atoms with Crippen molar-refractivity contribution in [3.63, 3.8) is 0 Å². The monoisotopic (exact) mass is 454 g/mol. The molecule has 11 nitrogen and oxygen atoms in total. The molecule has 0 aliphatic rings. The van der Waals surface area contributed by atoms with E-state index >= 15 is 0 Å². The molecule has 0 fully saturated rings. The van der Waals surface area contributed by atoms with Crippen LogP contribution in [0.25, 0.3) is 0 Å². The van der Waals surface area contributed by atoms with Gasteiger partial charge in [-0.25, -0.2) is 4.79 Å². The van der Waals surface area contributed by atoms with Crippen LogP contribution in [-0.4, -0.2) is 71.2 Å². The van der Waals surface area contributed by atoms with Crippen LogP contribution < -0.4 is 21.7 Å². The van der Waals surface area contributed by atoms with Crippen molar-refractivity contribution in [1.29, 1.82) is 0 Å². The summed E-state index contributed by atoms with van der Waals surface area (Å²) in [5, 5.41) is 36.0. The molecule has 180 valence electrons. The number of carbonyl (C=O) groups excluding carboxylic acids is 2. The summed E-state index contributed by atoms with van der Waals surface area (Å²) in [6, 6.07) is 5.94. The molecule has 11 heteroatoms. The van der Waals surface area contributed by atoms with E-state index in [0.717, 1.165) is 0 Å². The van der Waals surface area contributed by atoms with E-state index in [-0.39, 0.29) is 31.5 Å². The van der Waals surface area contributed by atoms with E-state index in [1.165, 1.54) is 0 Å². The van der Waals surface area contributed by atoms with Crippen LogP contribution in [0.4, 0.5) is 10.5 Å². The number of carboxylic acid groups (broad SMARTS) is 1. The zero-order chi connectivity index (χ0) is 24.1. The van der Waals surface area contributed by atoms with Crippen LogP contribution in [0.1, 0.15) is 32.3 Å². The number of benzene rings is 1. The maximum absolute atomic E-state index is 12.5. The molecule has 0 bridgehead atoms. The van der Waals surface area contributed by atoms with Crippen LogP contribution in [0.3, 0.4) is 0 Å². The number of ether oxygens (including phenoxy) is 1. The molecule has 0 heterocycles. The molecule has 2 amide bonds. The summed E-state index contributed by atoms with van der Waals surface area (Å²) in [6.45, 7) is 3.89. The van der Waals surface area contributed by atoms with Gasteiger partial charge < -0.3 is 41.7 Å². The SMILES string of the molecule is CC(C)C(NCCCC(O)C(O)CN)C(=O)NCC(=O)Nc1ccc(COC(=O)O)cc1. The standard InChI is InChI=1S/C21H34N4O7/c1-13(2)19(23-9-3-4-16(26)17(27)10-22)20(29)24-11-18(28)25-15-7-5-14(6-8-15)12-32-21(30)31/h5-8,13,16-17,19,23,26-27H,3-4,9-12,22H2,1-2H3,(H,24,29)(H,25,28)(H,30,31). The van der Waals surface area contributed by atoms with Gasteiger partial charge in [-0.2, -0.15) is 0 Å². The van der Waals surface area contributed by atoms with Crippen molar-refractivity contribution in [2.75, 3.05) is 25.0 Å². The molecule has 3 atom stereocenters. The van der Waals surface area contributed by atoms with Gasteiger partial charge in [0, 0.05) is 12.2 Å². The van der Waals surface area contributed by atoms with Crippen molar-refractivity contribution in [2.24, 2.45) is 11.7 Å². The molecular weight excluding hydrogens is 420 g/mol. The van der Waals surface area contributed by atoms with Gasteiger partial charge in [0.25, 0.3) is 0 Å². The van der Waals surface area contributed by atoms with Gasteiger partial charge in [-0.05, 0) is 43.0 Å². The number of nitrogens with two attached hydrogens (primary N) is 1. The maximum atomic E-state index is 12.5. The summed E-state index contributed by atoms with van der Waals surface area (Å²) >= 11 is 0. The molecular formula is C21H34N4O7. The highest BCUT2D eigenvalue weighted by Gasteiger charge is 2.22. The van der Waals surface area contributed by atoms with Crippen LogP contribution in [0, 0.1) is 5.92 Å². The van der Waals surface area contributed by atoms with E-state index in [2.05, 4.69) is 20.7 Å². The minimum absolute atomic E-state index is 0.0169. The summed E-state index contributed by atoms with van der Waals surface area (Å²) in [6.07, 6.45) is -2.35. The Morgan fingerprint density at radius 3 is 2.31 bits per heavy atom. The maximum Gasteiger partial charge on any atom is 0.506 e. The second kappa shape index (κ2) is 14.4. The highest BCUT2D eigenvalue weighted by Crippen LogP contribution is 2.10. The van der Waals surface area contributed by atoms with Crippen LogP contribution in [0.5, 0.6) is 0 Å². The number of amides is 2. The number of aliphatic hydroxyl groups excluding tert-OH is 2. The first-order valence-corrected chi connectivity index (χ1v) is 10.5. The fraction of sp³-hybridized carbons (Fsp3) is 0.571. The lowest BCUT2D eigenvalue weighted by molar-refractivity contribution is -0.126. The Kier molecular flexibility index (Phi) is 12.2. The zero-order valence-electron chi connectivity index (χ0n) is 18.4. The molecule has 3 unspecified atom stereocenters. The van der Waals surface area contributed by atoms with E-state index in [1.54, 1.807) is 24.3 Å². The van der Waals surface area contributed by atoms with Crippen molar-refractivity contribution in [3.8, 4) is 0 Å². The van der Waals surface area contributed by atoms with Gasteiger partial charge in [-0.15, -0.1) is 0 Å². The van der Waals surface area contributed by atoms with E-state index in [0.29, 0.717) is 30.6 Å². The van der Waals surface area contributed by atoms with E-state index < -0.39 is 30.3 Å². The van der Waals surface area contributed by atoms with Crippen molar-refractivity contribution in [1.82, 2.24) is 10.6 Å². The summed E-state index contributed by atoms with van der Waals surface area (Å²) in [4.78, 5) is 35.0. The Morgan fingerprint density at radius 2 is 1.75 bits per heavy atom. The number of rotatable bonds is 14. The lowest BCUT2D eigenvalue weighted by Gasteiger charge is -2.22. The van der Waals surface area contributed by atoms with E-state index in [4.69, 9.17) is 10.8 Å². The van der Waals surface area contributed by atoms with E-state index in [9.17, 15) is 24.6 Å². The van der Waals surface area contributed by atoms with Gasteiger partial charge in [0.05, 0.1) is 24.8 Å². The average Bonchev–Trinajstić information content (AvgIpc) is 2.75. The predicted molar refractivity (Wildman–Crippen MR) is 118 cm³/mol. The number of hydrogen-bond donors (Lipinski definition) is 7. The number of anilines is 1. The smallest absolute Gasteiger partial charge is 0.450 e. The number of hydrogen-bond acceptors (Lipinski definition) is 8. The predicted octanol–water partition coefficient (Wildman–Crippen LogP) is 0.0108. The lowest BCUT2D eigenvalue weighted by atomic mass is 10.0. The van der Waals surface area contributed by atoms with Gasteiger partial charge in [0.2, 0.25) is 11.8 Å². The first-order valence-electron chi connectivity index (χ1n) is 10.5. The average molecular weight is 455 g/mol. The van der Waals surface area contributed by atoms with E-state index in [1.807, 2.05) is 13.8 Å². The molecule has 0 aliphatic heterocycles. The van der Waals surface area contributed by atoms with Gasteiger partial charge >= 0.3 is 6.16 Å². The van der Waals surface area contributed by atoms with Crippen LogP contribution in [0.2, 0.25) is 0 Å². The van der Waals surface area contributed by atoms with Crippen LogP contribution in [0.15, 0.2) is 24.3 Å². The quantitative estimate of drug-likeness (QED) is 0.150. The molecule has 0 saturated heterocycles. The van der Waals surface area contributed by atoms with Gasteiger partial charge in [0.1, 0.15) is 6.61 Å². The largest absolute Gasteiger partial charge is 0.506 e. The second-order valence-corrected chi connectivity index (χ2v) is 7.71. The molecule has 0 aromatic heterocycles. The first kappa shape index (κ1) is 27.3. The van der Waals surface area contributed by atoms with Gasteiger partial charge in [-0.3, -0.25) is 9.59 Å². The third-order valence-corrected chi connectivity index (χ3v) is 4.70. The molecule has 0 aliphatic carbocycles. The van der Waals surface area contributed by atoms with Crippen molar-refractivity contribution in [3.05, 3.63) is 29.8 Å². The summed E-state index contributed by atoms with van der Waals surface area (Å²) in [5.41, 5.74) is 6.44. The normalized spacial score (nSPS) is 13.8. The molecule has 0 saturated carbocycles. The minimum Gasteiger partial charge on any atom is -0.450 e. The summed E-state index contributed by atoms with van der Waals surface area (Å²) in [7, 11) is 0. The van der Waals surface area contributed by atoms with Gasteiger partial charge in [0.15, 0.2) is 0 Å². The van der Waals surface area contributed by atoms with Gasteiger partial charge in [-0.1, -0.05) is 26.0 Å². The number of aliphatic hydroxyl groups is 2. The Morgan fingerprint density at radius 1 is 1.09 bits per heavy atom. The zero-order valence-corrected chi connectivity index (χ0v) is 18.4. The Balaban J connectivity index is 2.41. The van der Waals surface area contributed by atoms with Crippen molar-refractivity contribution < 1.29 is 34.4 Å². The fourth-order valence-corrected chi connectivity index (χ4v) is 2.86. The Bertz CT molecular complexity index is 727. The molecule has 0 spiro atoms. The molecule has 1 rings (SSSR count).